The molecule has 2 rings (SSSR count). The summed E-state index contributed by atoms with van der Waals surface area (Å²) in [5.74, 6) is 5.68. The molecule has 2 amide bonds. The van der Waals surface area contributed by atoms with E-state index in [1.54, 1.807) is 7.05 Å². The van der Waals surface area contributed by atoms with Crippen LogP contribution in [0.3, 0.4) is 0 Å². The molecule has 3 atom stereocenters. The van der Waals surface area contributed by atoms with E-state index in [0.29, 0.717) is 0 Å². The molecule has 28 heavy (non-hydrogen) atoms. The summed E-state index contributed by atoms with van der Waals surface area (Å²) in [6.07, 6.45) is -0.632. The lowest BCUT2D eigenvalue weighted by Crippen LogP contribution is -2.50. The zero-order valence-corrected chi connectivity index (χ0v) is 16.4. The first-order chi connectivity index (χ1) is 13.5. The van der Waals surface area contributed by atoms with Crippen molar-refractivity contribution in [1.82, 2.24) is 10.6 Å². The van der Waals surface area contributed by atoms with Crippen LogP contribution in [0.5, 0.6) is 0 Å². The van der Waals surface area contributed by atoms with Crippen molar-refractivity contribution >= 4 is 12.0 Å². The van der Waals surface area contributed by atoms with Crippen molar-refractivity contribution in [2.75, 3.05) is 7.05 Å². The van der Waals surface area contributed by atoms with Gasteiger partial charge in [-0.15, -0.1) is 0 Å². The second kappa shape index (κ2) is 10.8. The van der Waals surface area contributed by atoms with Gasteiger partial charge >= 0.3 is 6.09 Å². The highest BCUT2D eigenvalue weighted by atomic mass is 16.5. The third kappa shape index (κ3) is 6.48. The minimum Gasteiger partial charge on any atom is -0.445 e. The van der Waals surface area contributed by atoms with E-state index in [0.717, 1.165) is 11.1 Å². The quantitative estimate of drug-likeness (QED) is 0.758. The van der Waals surface area contributed by atoms with E-state index in [9.17, 15) is 9.59 Å². The Bertz CT molecular complexity index is 825. The summed E-state index contributed by atoms with van der Waals surface area (Å²) in [6, 6.07) is 18.3. The molecule has 0 aliphatic rings. The third-order valence-corrected chi connectivity index (χ3v) is 4.55. The van der Waals surface area contributed by atoms with Crippen molar-refractivity contribution in [3.05, 3.63) is 71.8 Å². The van der Waals surface area contributed by atoms with Gasteiger partial charge in [-0.3, -0.25) is 4.79 Å². The fourth-order valence-electron chi connectivity index (χ4n) is 2.62. The number of benzene rings is 2. The number of rotatable bonds is 6. The van der Waals surface area contributed by atoms with Crippen LogP contribution in [0.1, 0.15) is 25.0 Å². The summed E-state index contributed by atoms with van der Waals surface area (Å²) in [4.78, 5) is 24.5. The van der Waals surface area contributed by atoms with Gasteiger partial charge in [0.05, 0.1) is 0 Å². The predicted molar refractivity (Wildman–Crippen MR) is 109 cm³/mol. The Kier molecular flexibility index (Phi) is 8.11. The van der Waals surface area contributed by atoms with Gasteiger partial charge in [0, 0.05) is 18.5 Å². The molecule has 0 spiro atoms. The second-order valence-corrected chi connectivity index (χ2v) is 6.58. The van der Waals surface area contributed by atoms with Crippen molar-refractivity contribution in [2.45, 2.75) is 26.5 Å². The Morgan fingerprint density at radius 3 is 2.21 bits per heavy atom. The molecule has 0 aliphatic heterocycles. The van der Waals surface area contributed by atoms with Gasteiger partial charge in [0.25, 0.3) is 0 Å². The molecule has 146 valence electrons. The van der Waals surface area contributed by atoms with Crippen molar-refractivity contribution in [3.8, 4) is 11.8 Å². The minimum atomic E-state index is -0.742. The van der Waals surface area contributed by atoms with Gasteiger partial charge in [0.1, 0.15) is 12.6 Å². The highest BCUT2D eigenvalue weighted by Crippen LogP contribution is 2.16. The Morgan fingerprint density at radius 1 is 1.00 bits per heavy atom. The summed E-state index contributed by atoms with van der Waals surface area (Å²) in [5.41, 5.74) is 1.79. The molecule has 0 heterocycles. The molecule has 0 saturated heterocycles. The molecule has 0 radical (unpaired) electrons. The van der Waals surface area contributed by atoms with E-state index < -0.39 is 12.1 Å². The molecule has 2 aromatic carbocycles. The first-order valence-corrected chi connectivity index (χ1v) is 9.26. The number of hydrogen-bond acceptors (Lipinski definition) is 3. The fourth-order valence-corrected chi connectivity index (χ4v) is 2.62. The maximum Gasteiger partial charge on any atom is 0.408 e. The summed E-state index contributed by atoms with van der Waals surface area (Å²) >= 11 is 0. The average molecular weight is 378 g/mol. The van der Waals surface area contributed by atoms with E-state index in [4.69, 9.17) is 4.74 Å². The van der Waals surface area contributed by atoms with Gasteiger partial charge < -0.3 is 15.4 Å². The highest BCUT2D eigenvalue weighted by Gasteiger charge is 2.29. The zero-order chi connectivity index (χ0) is 20.4. The molecule has 2 N–H and O–H groups in total. The smallest absolute Gasteiger partial charge is 0.408 e. The van der Waals surface area contributed by atoms with Crippen LogP contribution in [-0.4, -0.2) is 25.1 Å². The molecular formula is C23H26N2O3. The number of carbonyl (C=O) groups is 2. The Balaban J connectivity index is 2.00. The number of nitrogens with one attached hydrogen (secondary N) is 2. The zero-order valence-electron chi connectivity index (χ0n) is 16.4. The fraction of sp³-hybridized carbons (Fsp3) is 0.304. The van der Waals surface area contributed by atoms with E-state index in [1.165, 1.54) is 0 Å². The summed E-state index contributed by atoms with van der Waals surface area (Å²) in [7, 11) is 1.54. The summed E-state index contributed by atoms with van der Waals surface area (Å²) in [6.45, 7) is 3.97. The van der Waals surface area contributed by atoms with E-state index >= 15 is 0 Å². The van der Waals surface area contributed by atoms with Crippen LogP contribution in [0.4, 0.5) is 4.79 Å². The standard InChI is InChI=1S/C23H26N2O3/c1-17(14-15-19-10-6-4-7-11-19)18(2)21(22(26)24-3)25-23(27)28-16-20-12-8-5-9-13-20/h4-13,17-18,21H,16H2,1-3H3,(H,24,26)(H,25,27)/t17-,18+,21+/m1/s1. The van der Waals surface area contributed by atoms with E-state index in [1.807, 2.05) is 74.5 Å². The van der Waals surface area contributed by atoms with Crippen LogP contribution in [0.2, 0.25) is 0 Å². The summed E-state index contributed by atoms with van der Waals surface area (Å²) < 4.78 is 5.25. The number of ether oxygens (including phenoxy) is 1. The SMILES string of the molecule is CNC(=O)[C@@H](NC(=O)OCc1ccccc1)[C@@H](C)[C@H](C)C#Cc1ccccc1. The molecule has 5 nitrogen and oxygen atoms in total. The van der Waals surface area contributed by atoms with Crippen molar-refractivity contribution in [2.24, 2.45) is 11.8 Å². The van der Waals surface area contributed by atoms with Crippen LogP contribution >= 0.6 is 0 Å². The number of carbonyl (C=O) groups excluding carboxylic acids is 2. The van der Waals surface area contributed by atoms with Crippen molar-refractivity contribution in [1.29, 1.82) is 0 Å². The van der Waals surface area contributed by atoms with E-state index in [-0.39, 0.29) is 24.3 Å². The second-order valence-electron chi connectivity index (χ2n) is 6.58. The van der Waals surface area contributed by atoms with Gasteiger partial charge in [0.2, 0.25) is 5.91 Å². The predicted octanol–water partition coefficient (Wildman–Crippen LogP) is 3.35. The lowest BCUT2D eigenvalue weighted by atomic mass is 9.88. The Hall–Kier alpha value is -3.26. The molecule has 0 saturated carbocycles. The van der Waals surface area contributed by atoms with Crippen LogP contribution < -0.4 is 10.6 Å². The lowest BCUT2D eigenvalue weighted by molar-refractivity contribution is -0.124. The number of alkyl carbamates (subject to hydrolysis) is 1. The Labute approximate surface area is 166 Å². The molecule has 5 heteroatoms. The number of hydrogen-bond donors (Lipinski definition) is 2. The van der Waals surface area contributed by atoms with Crippen LogP contribution in [-0.2, 0) is 16.1 Å². The van der Waals surface area contributed by atoms with Gasteiger partial charge in [-0.05, 0) is 23.6 Å². The summed E-state index contributed by atoms with van der Waals surface area (Å²) in [5, 5.41) is 5.27. The number of amides is 2. The van der Waals surface area contributed by atoms with Crippen LogP contribution in [0, 0.1) is 23.7 Å². The molecule has 0 aliphatic carbocycles. The minimum absolute atomic E-state index is 0.114. The largest absolute Gasteiger partial charge is 0.445 e. The lowest BCUT2D eigenvalue weighted by Gasteiger charge is -2.25. The third-order valence-electron chi connectivity index (χ3n) is 4.55. The van der Waals surface area contributed by atoms with Gasteiger partial charge in [-0.2, -0.15) is 0 Å². The molecular weight excluding hydrogens is 352 g/mol. The topological polar surface area (TPSA) is 67.4 Å². The van der Waals surface area contributed by atoms with Crippen molar-refractivity contribution < 1.29 is 14.3 Å². The molecule has 0 unspecified atom stereocenters. The van der Waals surface area contributed by atoms with Gasteiger partial charge in [-0.1, -0.05) is 74.2 Å². The molecule has 0 bridgehead atoms. The first-order valence-electron chi connectivity index (χ1n) is 9.26. The van der Waals surface area contributed by atoms with E-state index in [2.05, 4.69) is 22.5 Å². The maximum atomic E-state index is 12.3. The maximum absolute atomic E-state index is 12.3. The molecule has 0 fully saturated rings. The van der Waals surface area contributed by atoms with Crippen LogP contribution in [0.25, 0.3) is 0 Å². The Morgan fingerprint density at radius 2 is 1.61 bits per heavy atom. The number of likely N-dealkylation sites (N-methyl/N-ethyl adjacent to an activating group) is 1. The van der Waals surface area contributed by atoms with Gasteiger partial charge in [-0.25, -0.2) is 4.79 Å². The molecule has 2 aromatic rings. The highest BCUT2D eigenvalue weighted by molar-refractivity contribution is 5.85. The molecule has 0 aromatic heterocycles. The van der Waals surface area contributed by atoms with Gasteiger partial charge in [0.15, 0.2) is 0 Å². The average Bonchev–Trinajstić information content (AvgIpc) is 2.74. The normalized spacial score (nSPS) is 13.2. The van der Waals surface area contributed by atoms with Crippen molar-refractivity contribution in [3.63, 3.8) is 0 Å². The monoisotopic (exact) mass is 378 g/mol. The first kappa shape index (κ1) is 21.0. The van der Waals surface area contributed by atoms with Crippen LogP contribution in [0.15, 0.2) is 60.7 Å².